The Labute approximate surface area is 321 Å². The molecule has 2 heterocycles. The fourth-order valence-electron chi connectivity index (χ4n) is 7.14. The minimum absolute atomic E-state index is 0.136. The van der Waals surface area contributed by atoms with Gasteiger partial charge in [0.25, 0.3) is 12.3 Å². The van der Waals surface area contributed by atoms with Crippen molar-refractivity contribution in [3.63, 3.8) is 0 Å². The molecule has 1 saturated heterocycles. The van der Waals surface area contributed by atoms with Crippen LogP contribution in [-0.2, 0) is 20.8 Å². The molecule has 294 valence electrons. The summed E-state index contributed by atoms with van der Waals surface area (Å²) in [5.41, 5.74) is 4.79. The molecular formula is C40H44F2N8O6. The Morgan fingerprint density at radius 3 is 2.29 bits per heavy atom. The maximum atomic E-state index is 13.8. The monoisotopic (exact) mass is 770 g/mol. The number of H-pyrrole nitrogens is 1. The lowest BCUT2D eigenvalue weighted by molar-refractivity contribution is -0.130. The van der Waals surface area contributed by atoms with Gasteiger partial charge in [0.05, 0.1) is 0 Å². The van der Waals surface area contributed by atoms with Gasteiger partial charge in [-0.05, 0) is 110 Å². The Morgan fingerprint density at radius 2 is 1.64 bits per heavy atom. The highest BCUT2D eigenvalue weighted by Gasteiger charge is 2.30. The van der Waals surface area contributed by atoms with Gasteiger partial charge in [0.2, 0.25) is 23.5 Å². The van der Waals surface area contributed by atoms with Gasteiger partial charge in [0.1, 0.15) is 12.1 Å². The summed E-state index contributed by atoms with van der Waals surface area (Å²) in [4.78, 5) is 67.1. The lowest BCUT2D eigenvalue weighted by atomic mass is 9.81. The second-order valence-electron chi connectivity index (χ2n) is 14.3. The minimum atomic E-state index is -2.82. The number of hydrogen-bond acceptors (Lipinski definition) is 7. The molecule has 2 atom stereocenters. The van der Waals surface area contributed by atoms with E-state index in [4.69, 9.17) is 5.11 Å². The molecule has 0 spiro atoms. The number of nitrogens with zero attached hydrogens (tertiary/aromatic N) is 2. The minimum Gasteiger partial charge on any atom is -0.465 e. The van der Waals surface area contributed by atoms with Crippen molar-refractivity contribution in [2.24, 2.45) is 11.8 Å². The third-order valence-electron chi connectivity index (χ3n) is 10.3. The lowest BCUT2D eigenvalue weighted by Crippen LogP contribution is -2.50. The number of anilines is 1. The number of carbonyl (C=O) groups excluding carboxylic acids is 4. The Hall–Kier alpha value is -6.19. The van der Waals surface area contributed by atoms with Crippen LogP contribution in [0.4, 0.5) is 19.3 Å². The van der Waals surface area contributed by atoms with Crippen LogP contribution < -0.4 is 26.6 Å². The van der Waals surface area contributed by atoms with Crippen LogP contribution in [0, 0.1) is 18.8 Å². The largest absolute Gasteiger partial charge is 0.465 e. The molecule has 2 fully saturated rings. The van der Waals surface area contributed by atoms with E-state index in [1.165, 1.54) is 0 Å². The topological polar surface area (TPSA) is 207 Å². The van der Waals surface area contributed by atoms with E-state index < -0.39 is 36.3 Å². The highest BCUT2D eigenvalue weighted by Crippen LogP contribution is 2.30. The summed E-state index contributed by atoms with van der Waals surface area (Å²) in [5.74, 6) is -1.87. The van der Waals surface area contributed by atoms with E-state index in [2.05, 4.69) is 41.8 Å². The van der Waals surface area contributed by atoms with Gasteiger partial charge in [-0.15, -0.1) is 0 Å². The maximum absolute atomic E-state index is 13.8. The summed E-state index contributed by atoms with van der Waals surface area (Å²) >= 11 is 0. The van der Waals surface area contributed by atoms with Crippen LogP contribution >= 0.6 is 0 Å². The van der Waals surface area contributed by atoms with Crippen molar-refractivity contribution in [1.29, 1.82) is 0 Å². The van der Waals surface area contributed by atoms with Crippen LogP contribution in [0.2, 0.25) is 0 Å². The second-order valence-corrected chi connectivity index (χ2v) is 14.3. The standard InChI is InChI=1S/C40H44F2N8O6/c1-22-19-28(37(52)46-31-3-2-18-43-38(31)53)14-17-30(22)25-8-4-23(5-9-25)20-32(47-36(51)27-10-6-24(7-11-27)21-44-40(55)56)39(54)45-29-15-12-26(13-16-29)34-48-35(33(41)42)50-49-34/h4-5,8-9,12-17,19,24,27,31-33,44H,2-3,6-7,10-11,18,20-21H2,1H3,(H,43,53)(H,45,54)(H,46,52)(H,47,51)(H,55,56)(H,48,49,50)/t24-,27-,31-,32+/m1/s1. The third kappa shape index (κ3) is 10.1. The zero-order valence-corrected chi connectivity index (χ0v) is 30.7. The van der Waals surface area contributed by atoms with Gasteiger partial charge >= 0.3 is 6.09 Å². The number of nitrogens with one attached hydrogen (secondary N) is 6. The molecule has 4 aromatic rings. The van der Waals surface area contributed by atoms with Gasteiger partial charge < -0.3 is 31.7 Å². The fourth-order valence-corrected chi connectivity index (χ4v) is 7.14. The fraction of sp³-hybridized carbons (Fsp3) is 0.375. The number of rotatable bonds is 13. The second kappa shape index (κ2) is 18.0. The molecule has 2 aliphatic rings. The van der Waals surface area contributed by atoms with Crippen molar-refractivity contribution < 1.29 is 37.9 Å². The van der Waals surface area contributed by atoms with E-state index in [1.807, 2.05) is 37.3 Å². The first-order valence-electron chi connectivity index (χ1n) is 18.6. The molecule has 7 N–H and O–H groups in total. The van der Waals surface area contributed by atoms with Gasteiger partial charge in [-0.1, -0.05) is 30.3 Å². The van der Waals surface area contributed by atoms with Crippen molar-refractivity contribution in [1.82, 2.24) is 36.4 Å². The first-order valence-corrected chi connectivity index (χ1v) is 18.6. The number of aryl methyl sites for hydroxylation is 1. The van der Waals surface area contributed by atoms with Crippen molar-refractivity contribution >= 4 is 35.4 Å². The summed E-state index contributed by atoms with van der Waals surface area (Å²) in [6.07, 6.45) is 0.141. The Morgan fingerprint density at radius 1 is 0.929 bits per heavy atom. The van der Waals surface area contributed by atoms with Crippen molar-refractivity contribution in [3.8, 4) is 22.5 Å². The highest BCUT2D eigenvalue weighted by atomic mass is 19.3. The van der Waals surface area contributed by atoms with Crippen LogP contribution in [0.5, 0.6) is 0 Å². The molecule has 16 heteroatoms. The quantitative estimate of drug-likeness (QED) is 0.0968. The summed E-state index contributed by atoms with van der Waals surface area (Å²) in [6, 6.07) is 17.8. The number of benzene rings is 3. The van der Waals surface area contributed by atoms with E-state index in [-0.39, 0.29) is 41.8 Å². The van der Waals surface area contributed by atoms with Gasteiger partial charge in [-0.3, -0.25) is 24.3 Å². The van der Waals surface area contributed by atoms with Gasteiger partial charge in [-0.25, -0.2) is 18.6 Å². The molecule has 0 radical (unpaired) electrons. The SMILES string of the molecule is Cc1cc(C(=O)N[C@@H]2CCCNC2=O)ccc1-c1ccc(C[C@H](NC(=O)[C@H]2CC[C@H](CNC(=O)O)CC2)C(=O)Nc2ccc(-c3nc(C(F)F)n[nH]3)cc2)cc1. The molecular weight excluding hydrogens is 726 g/mol. The van der Waals surface area contributed by atoms with E-state index >= 15 is 0 Å². The molecule has 0 unspecified atom stereocenters. The smallest absolute Gasteiger partial charge is 0.404 e. The summed E-state index contributed by atoms with van der Waals surface area (Å²) in [5, 5.41) is 28.8. The summed E-state index contributed by atoms with van der Waals surface area (Å²) in [6.45, 7) is 2.83. The van der Waals surface area contributed by atoms with Crippen molar-refractivity contribution in [2.75, 3.05) is 18.4 Å². The van der Waals surface area contributed by atoms with Crippen LogP contribution in [0.1, 0.15) is 72.3 Å². The van der Waals surface area contributed by atoms with Gasteiger partial charge in [0.15, 0.2) is 5.82 Å². The third-order valence-corrected chi connectivity index (χ3v) is 10.3. The molecule has 0 bridgehead atoms. The zero-order chi connectivity index (χ0) is 39.8. The van der Waals surface area contributed by atoms with Crippen LogP contribution in [-0.4, -0.2) is 75.2 Å². The first-order chi connectivity index (χ1) is 26.9. The first kappa shape index (κ1) is 39.5. The molecule has 6 rings (SSSR count). The van der Waals surface area contributed by atoms with Crippen molar-refractivity contribution in [2.45, 2.75) is 70.4 Å². The normalized spacial score (nSPS) is 18.7. The van der Waals surface area contributed by atoms with Crippen LogP contribution in [0.15, 0.2) is 66.7 Å². The van der Waals surface area contributed by atoms with E-state index in [0.29, 0.717) is 62.0 Å². The molecule has 1 aromatic heterocycles. The molecule has 5 amide bonds. The number of halogens is 2. The van der Waals surface area contributed by atoms with E-state index in [9.17, 15) is 32.8 Å². The van der Waals surface area contributed by atoms with Gasteiger partial charge in [-0.2, -0.15) is 5.10 Å². The Kier molecular flexibility index (Phi) is 12.7. The number of amides is 5. The number of alkyl halides is 2. The molecule has 1 saturated carbocycles. The average Bonchev–Trinajstić information content (AvgIpc) is 3.70. The molecule has 1 aliphatic carbocycles. The predicted molar refractivity (Wildman–Crippen MR) is 203 cm³/mol. The number of piperidine rings is 1. The molecule has 1 aliphatic heterocycles. The Balaban J connectivity index is 1.13. The number of hydrogen-bond donors (Lipinski definition) is 7. The lowest BCUT2D eigenvalue weighted by Gasteiger charge is -2.29. The number of aromatic nitrogens is 3. The molecule has 14 nitrogen and oxygen atoms in total. The van der Waals surface area contributed by atoms with Crippen LogP contribution in [0.25, 0.3) is 22.5 Å². The van der Waals surface area contributed by atoms with Crippen molar-refractivity contribution in [3.05, 3.63) is 89.2 Å². The average molecular weight is 771 g/mol. The van der Waals surface area contributed by atoms with Crippen LogP contribution in [0.3, 0.4) is 0 Å². The van der Waals surface area contributed by atoms with E-state index in [0.717, 1.165) is 28.7 Å². The van der Waals surface area contributed by atoms with Gasteiger partial charge in [0, 0.05) is 42.2 Å². The number of carboxylic acid groups (broad SMARTS) is 1. The van der Waals surface area contributed by atoms with E-state index in [1.54, 1.807) is 36.4 Å². The predicted octanol–water partition coefficient (Wildman–Crippen LogP) is 5.13. The highest BCUT2D eigenvalue weighted by molar-refractivity contribution is 5.99. The summed E-state index contributed by atoms with van der Waals surface area (Å²) < 4.78 is 25.9. The summed E-state index contributed by atoms with van der Waals surface area (Å²) in [7, 11) is 0. The Bertz CT molecular complexity index is 2050. The maximum Gasteiger partial charge on any atom is 0.404 e. The number of aromatic amines is 1. The number of carbonyl (C=O) groups is 5. The zero-order valence-electron chi connectivity index (χ0n) is 30.7. The molecule has 3 aromatic carbocycles. The molecule has 56 heavy (non-hydrogen) atoms.